The second kappa shape index (κ2) is 8.11. The van der Waals surface area contributed by atoms with Gasteiger partial charge < -0.3 is 9.80 Å². The van der Waals surface area contributed by atoms with Crippen molar-refractivity contribution in [2.24, 2.45) is 0 Å². The first kappa shape index (κ1) is 20.6. The van der Waals surface area contributed by atoms with E-state index in [4.69, 9.17) is 11.6 Å². The van der Waals surface area contributed by atoms with Crippen LogP contribution in [0, 0.1) is 13.8 Å². The molecule has 1 saturated heterocycles. The van der Waals surface area contributed by atoms with E-state index in [-0.39, 0.29) is 15.8 Å². The minimum Gasteiger partial charge on any atom is -0.368 e. The van der Waals surface area contributed by atoms with Crippen molar-refractivity contribution in [3.63, 3.8) is 0 Å². The number of nitrogens with zero attached hydrogens (tertiary/aromatic N) is 2. The fourth-order valence-electron chi connectivity index (χ4n) is 3.36. The molecule has 1 amide bonds. The van der Waals surface area contributed by atoms with E-state index in [1.54, 1.807) is 11.0 Å². The molecule has 0 radical (unpaired) electrons. The number of aryl methyl sites for hydroxylation is 1. The van der Waals surface area contributed by atoms with Gasteiger partial charge in [-0.25, -0.2) is 13.1 Å². The summed E-state index contributed by atoms with van der Waals surface area (Å²) in [5.74, 6) is -0.190. The molecule has 0 aromatic heterocycles. The van der Waals surface area contributed by atoms with Crippen LogP contribution in [0.2, 0.25) is 5.02 Å². The Bertz CT molecular complexity index is 1000. The van der Waals surface area contributed by atoms with Gasteiger partial charge in [0.15, 0.2) is 0 Å². The van der Waals surface area contributed by atoms with Crippen LogP contribution in [-0.2, 0) is 10.0 Å². The molecule has 8 heteroatoms. The highest BCUT2D eigenvalue weighted by molar-refractivity contribution is 7.89. The molecule has 0 atom stereocenters. The summed E-state index contributed by atoms with van der Waals surface area (Å²) < 4.78 is 26.4. The standard InChI is InChI=1S/C20H24ClN3O3S/c1-14-5-4-6-18(15(14)2)23-9-11-24(12-10-23)20(25)16-7-8-17(21)19(13-16)28(26,27)22-3/h4-8,13,22H,9-12H2,1-3H3. The third-order valence-electron chi connectivity index (χ3n) is 5.22. The summed E-state index contributed by atoms with van der Waals surface area (Å²) in [6, 6.07) is 10.6. The van der Waals surface area contributed by atoms with Gasteiger partial charge in [0.1, 0.15) is 4.90 Å². The molecule has 0 saturated carbocycles. The normalized spacial score (nSPS) is 15.0. The molecule has 2 aromatic rings. The van der Waals surface area contributed by atoms with Gasteiger partial charge >= 0.3 is 0 Å². The quantitative estimate of drug-likeness (QED) is 0.824. The number of carbonyl (C=O) groups excluding carboxylic acids is 1. The van der Waals surface area contributed by atoms with Crippen LogP contribution in [0.1, 0.15) is 21.5 Å². The maximum absolute atomic E-state index is 12.9. The molecule has 0 aliphatic carbocycles. The predicted molar refractivity (Wildman–Crippen MR) is 112 cm³/mol. The van der Waals surface area contributed by atoms with Crippen LogP contribution >= 0.6 is 11.6 Å². The average Bonchev–Trinajstić information content (AvgIpc) is 2.70. The zero-order valence-electron chi connectivity index (χ0n) is 16.2. The van der Waals surface area contributed by atoms with Gasteiger partial charge in [-0.3, -0.25) is 4.79 Å². The second-order valence-electron chi connectivity index (χ2n) is 6.85. The lowest BCUT2D eigenvalue weighted by Gasteiger charge is -2.37. The van der Waals surface area contributed by atoms with Crippen LogP contribution in [0.5, 0.6) is 0 Å². The number of carbonyl (C=O) groups is 1. The first-order valence-corrected chi connectivity index (χ1v) is 10.9. The molecule has 150 valence electrons. The van der Waals surface area contributed by atoms with Gasteiger partial charge in [-0.05, 0) is 56.3 Å². The van der Waals surface area contributed by atoms with Crippen LogP contribution in [0.3, 0.4) is 0 Å². The van der Waals surface area contributed by atoms with Crippen molar-refractivity contribution < 1.29 is 13.2 Å². The van der Waals surface area contributed by atoms with Crippen LogP contribution in [-0.4, -0.2) is 52.5 Å². The SMILES string of the molecule is CNS(=O)(=O)c1cc(C(=O)N2CCN(c3cccc(C)c3C)CC2)ccc1Cl. The number of sulfonamides is 1. The lowest BCUT2D eigenvalue weighted by atomic mass is 10.1. The fraction of sp³-hybridized carbons (Fsp3) is 0.350. The van der Waals surface area contributed by atoms with Gasteiger partial charge in [0.2, 0.25) is 10.0 Å². The zero-order valence-corrected chi connectivity index (χ0v) is 17.8. The number of hydrogen-bond donors (Lipinski definition) is 1. The summed E-state index contributed by atoms with van der Waals surface area (Å²) in [5, 5.41) is 0.0886. The van der Waals surface area contributed by atoms with E-state index in [0.29, 0.717) is 18.7 Å². The molecular formula is C20H24ClN3O3S. The van der Waals surface area contributed by atoms with Crippen LogP contribution in [0.25, 0.3) is 0 Å². The van der Waals surface area contributed by atoms with Gasteiger partial charge in [-0.2, -0.15) is 0 Å². The van der Waals surface area contributed by atoms with Crippen molar-refractivity contribution in [3.8, 4) is 0 Å². The fourth-order valence-corrected chi connectivity index (χ4v) is 4.61. The number of anilines is 1. The van der Waals surface area contributed by atoms with Gasteiger partial charge in [-0.15, -0.1) is 0 Å². The van der Waals surface area contributed by atoms with E-state index in [2.05, 4.69) is 35.6 Å². The summed E-state index contributed by atoms with van der Waals surface area (Å²) in [7, 11) is -2.42. The molecule has 0 unspecified atom stereocenters. The molecule has 6 nitrogen and oxygen atoms in total. The van der Waals surface area contributed by atoms with Crippen molar-refractivity contribution in [1.29, 1.82) is 0 Å². The first-order chi connectivity index (χ1) is 13.2. The van der Waals surface area contributed by atoms with E-state index in [1.165, 1.54) is 36.0 Å². The molecule has 1 aliphatic rings. The van der Waals surface area contributed by atoms with E-state index in [0.717, 1.165) is 13.1 Å². The maximum Gasteiger partial charge on any atom is 0.254 e. The Kier molecular flexibility index (Phi) is 5.98. The molecule has 1 fully saturated rings. The third kappa shape index (κ3) is 4.01. The Morgan fingerprint density at radius 2 is 1.75 bits per heavy atom. The van der Waals surface area contributed by atoms with E-state index < -0.39 is 10.0 Å². The van der Waals surface area contributed by atoms with Gasteiger partial charge in [0, 0.05) is 37.4 Å². The van der Waals surface area contributed by atoms with Crippen LogP contribution < -0.4 is 9.62 Å². The van der Waals surface area contributed by atoms with Crippen molar-refractivity contribution in [3.05, 3.63) is 58.1 Å². The number of benzene rings is 2. The summed E-state index contributed by atoms with van der Waals surface area (Å²) in [6.45, 7) is 6.80. The Hall–Kier alpha value is -2.09. The first-order valence-electron chi connectivity index (χ1n) is 9.08. The smallest absolute Gasteiger partial charge is 0.254 e. The Labute approximate surface area is 171 Å². The monoisotopic (exact) mass is 421 g/mol. The minimum absolute atomic E-state index is 0.0865. The number of piperazine rings is 1. The number of amides is 1. The summed E-state index contributed by atoms with van der Waals surface area (Å²) >= 11 is 6.01. The zero-order chi connectivity index (χ0) is 20.5. The Morgan fingerprint density at radius 1 is 1.07 bits per heavy atom. The molecule has 28 heavy (non-hydrogen) atoms. The summed E-state index contributed by atoms with van der Waals surface area (Å²) in [6.07, 6.45) is 0. The van der Waals surface area contributed by atoms with E-state index in [9.17, 15) is 13.2 Å². The molecule has 1 aliphatic heterocycles. The Morgan fingerprint density at radius 3 is 2.39 bits per heavy atom. The van der Waals surface area contributed by atoms with E-state index in [1.807, 2.05) is 6.07 Å². The predicted octanol–water partition coefficient (Wildman–Crippen LogP) is 2.83. The van der Waals surface area contributed by atoms with Crippen molar-refractivity contribution in [2.75, 3.05) is 38.1 Å². The molecular weight excluding hydrogens is 398 g/mol. The van der Waals surface area contributed by atoms with Gasteiger partial charge in [0.25, 0.3) is 5.91 Å². The largest absolute Gasteiger partial charge is 0.368 e. The van der Waals surface area contributed by atoms with Gasteiger partial charge in [0.05, 0.1) is 5.02 Å². The average molecular weight is 422 g/mol. The maximum atomic E-state index is 12.9. The molecule has 0 spiro atoms. The van der Waals surface area contributed by atoms with Crippen LogP contribution in [0.4, 0.5) is 5.69 Å². The second-order valence-corrected chi connectivity index (χ2v) is 9.11. The number of halogens is 1. The van der Waals surface area contributed by atoms with Crippen molar-refractivity contribution in [2.45, 2.75) is 18.7 Å². The Balaban J connectivity index is 1.76. The molecule has 2 aromatic carbocycles. The molecule has 3 rings (SSSR count). The van der Waals surface area contributed by atoms with Crippen LogP contribution in [0.15, 0.2) is 41.3 Å². The third-order valence-corrected chi connectivity index (χ3v) is 7.12. The molecule has 1 heterocycles. The van der Waals surface area contributed by atoms with Crippen molar-refractivity contribution in [1.82, 2.24) is 9.62 Å². The van der Waals surface area contributed by atoms with Gasteiger partial charge in [-0.1, -0.05) is 23.7 Å². The highest BCUT2D eigenvalue weighted by Gasteiger charge is 2.25. The van der Waals surface area contributed by atoms with Crippen molar-refractivity contribution >= 4 is 33.2 Å². The van der Waals surface area contributed by atoms with E-state index >= 15 is 0 Å². The minimum atomic E-state index is -3.73. The topological polar surface area (TPSA) is 69.7 Å². The summed E-state index contributed by atoms with van der Waals surface area (Å²) in [5.41, 5.74) is 4.01. The number of rotatable bonds is 4. The highest BCUT2D eigenvalue weighted by Crippen LogP contribution is 2.26. The number of hydrogen-bond acceptors (Lipinski definition) is 4. The summed E-state index contributed by atoms with van der Waals surface area (Å²) in [4.78, 5) is 16.8. The molecule has 0 bridgehead atoms. The molecule has 1 N–H and O–H groups in total. The lowest BCUT2D eigenvalue weighted by Crippen LogP contribution is -2.49. The lowest BCUT2D eigenvalue weighted by molar-refractivity contribution is 0.0746. The highest BCUT2D eigenvalue weighted by atomic mass is 35.5. The number of nitrogens with one attached hydrogen (secondary N) is 1.